The molecule has 108 valence electrons. The van der Waals surface area contributed by atoms with E-state index >= 15 is 0 Å². The lowest BCUT2D eigenvalue weighted by molar-refractivity contribution is -0.176. The lowest BCUT2D eigenvalue weighted by Gasteiger charge is -2.13. The van der Waals surface area contributed by atoms with E-state index in [1.165, 1.54) is 19.4 Å². The second-order valence-corrected chi connectivity index (χ2v) is 4.73. The summed E-state index contributed by atoms with van der Waals surface area (Å²) in [4.78, 5) is 21.9. The smallest absolute Gasteiger partial charge is 0.305 e. The van der Waals surface area contributed by atoms with Crippen LogP contribution in [0.1, 0.15) is 44.7 Å². The third-order valence-electron chi connectivity index (χ3n) is 2.62. The van der Waals surface area contributed by atoms with Crippen LogP contribution in [0.2, 0.25) is 0 Å². The van der Waals surface area contributed by atoms with Gasteiger partial charge in [0.2, 0.25) is 0 Å². The van der Waals surface area contributed by atoms with E-state index in [0.29, 0.717) is 5.92 Å². The Kier molecular flexibility index (Phi) is 5.97. The number of ether oxygens (including phenoxy) is 2. The zero-order chi connectivity index (χ0) is 15.1. The van der Waals surface area contributed by atoms with Crippen LogP contribution in [0.5, 0.6) is 0 Å². The molecule has 1 aromatic rings. The first-order chi connectivity index (χ1) is 9.40. The first-order valence-electron chi connectivity index (χ1n) is 6.51. The molecule has 0 amide bonds. The molecule has 0 aliphatic carbocycles. The lowest BCUT2D eigenvalue weighted by atomic mass is 9.97. The fraction of sp³-hybridized carbons (Fsp3) is 0.375. The van der Waals surface area contributed by atoms with E-state index in [1.54, 1.807) is 12.2 Å². The van der Waals surface area contributed by atoms with Gasteiger partial charge < -0.3 is 9.47 Å². The van der Waals surface area contributed by atoms with Gasteiger partial charge in [0.05, 0.1) is 0 Å². The molecule has 0 saturated heterocycles. The molecule has 0 heterocycles. The van der Waals surface area contributed by atoms with E-state index in [-0.39, 0.29) is 0 Å². The molecule has 4 nitrogen and oxygen atoms in total. The Morgan fingerprint density at radius 3 is 2.10 bits per heavy atom. The Balaban J connectivity index is 2.92. The average Bonchev–Trinajstić information content (AvgIpc) is 2.34. The minimum absolute atomic E-state index is 0.372. The Morgan fingerprint density at radius 2 is 1.60 bits per heavy atom. The van der Waals surface area contributed by atoms with Crippen LogP contribution >= 0.6 is 0 Å². The Hall–Kier alpha value is -2.10. The van der Waals surface area contributed by atoms with Crippen LogP contribution in [-0.4, -0.2) is 18.2 Å². The van der Waals surface area contributed by atoms with Gasteiger partial charge in [-0.2, -0.15) is 0 Å². The van der Waals surface area contributed by atoms with Gasteiger partial charge in [-0.3, -0.25) is 9.59 Å². The quantitative estimate of drug-likeness (QED) is 0.611. The second-order valence-electron chi connectivity index (χ2n) is 4.73. The first-order valence-corrected chi connectivity index (χ1v) is 6.51. The summed E-state index contributed by atoms with van der Waals surface area (Å²) < 4.78 is 9.83. The van der Waals surface area contributed by atoms with Crippen LogP contribution in [0, 0.1) is 0 Å². The summed E-state index contributed by atoms with van der Waals surface area (Å²) >= 11 is 0. The van der Waals surface area contributed by atoms with E-state index in [1.807, 2.05) is 24.3 Å². The number of esters is 2. The maximum absolute atomic E-state index is 11.0. The third kappa shape index (κ3) is 5.26. The second kappa shape index (κ2) is 7.48. The molecule has 0 fully saturated rings. The molecule has 0 aromatic heterocycles. The van der Waals surface area contributed by atoms with Gasteiger partial charge in [-0.05, 0) is 23.1 Å². The average molecular weight is 276 g/mol. The zero-order valence-electron chi connectivity index (χ0n) is 12.3. The van der Waals surface area contributed by atoms with Crippen LogP contribution in [-0.2, 0) is 19.1 Å². The van der Waals surface area contributed by atoms with Gasteiger partial charge in [-0.1, -0.05) is 44.2 Å². The fourth-order valence-corrected chi connectivity index (χ4v) is 1.80. The van der Waals surface area contributed by atoms with Crippen molar-refractivity contribution in [1.29, 1.82) is 0 Å². The molecule has 20 heavy (non-hydrogen) atoms. The summed E-state index contributed by atoms with van der Waals surface area (Å²) in [5.74, 6) is -0.632. The molecule has 0 unspecified atom stereocenters. The summed E-state index contributed by atoms with van der Waals surface area (Å²) in [6.07, 6.45) is 2.36. The van der Waals surface area contributed by atoms with Crippen molar-refractivity contribution in [1.82, 2.24) is 0 Å². The number of carbonyl (C=O) groups is 2. The SMILES string of the molecule is CC(=O)OC(C=Cc1ccccc1C(C)C)OC(C)=O. The number of hydrogen-bond acceptors (Lipinski definition) is 4. The maximum atomic E-state index is 11.0. The molecule has 0 atom stereocenters. The van der Waals surface area contributed by atoms with Crippen LogP contribution in [0.15, 0.2) is 30.3 Å². The molecule has 0 aliphatic heterocycles. The molecule has 1 aromatic carbocycles. The van der Waals surface area contributed by atoms with Crippen molar-refractivity contribution in [3.8, 4) is 0 Å². The van der Waals surface area contributed by atoms with Crippen molar-refractivity contribution in [2.45, 2.75) is 39.9 Å². The third-order valence-corrected chi connectivity index (χ3v) is 2.62. The maximum Gasteiger partial charge on any atom is 0.305 e. The molecule has 0 bridgehead atoms. The summed E-state index contributed by atoms with van der Waals surface area (Å²) in [7, 11) is 0. The Bertz CT molecular complexity index is 487. The van der Waals surface area contributed by atoms with Gasteiger partial charge in [0.15, 0.2) is 0 Å². The van der Waals surface area contributed by atoms with Gasteiger partial charge in [-0.15, -0.1) is 0 Å². The molecule has 1 rings (SSSR count). The summed E-state index contributed by atoms with van der Waals surface area (Å²) in [6.45, 7) is 6.74. The van der Waals surface area contributed by atoms with Gasteiger partial charge in [0.25, 0.3) is 6.29 Å². The van der Waals surface area contributed by atoms with Gasteiger partial charge in [0, 0.05) is 13.8 Å². The normalized spacial score (nSPS) is 11.1. The fourth-order valence-electron chi connectivity index (χ4n) is 1.80. The van der Waals surface area contributed by atoms with E-state index in [0.717, 1.165) is 5.56 Å². The molecular weight excluding hydrogens is 256 g/mol. The minimum Gasteiger partial charge on any atom is -0.421 e. The zero-order valence-corrected chi connectivity index (χ0v) is 12.3. The van der Waals surface area contributed by atoms with Crippen molar-refractivity contribution in [2.24, 2.45) is 0 Å². The van der Waals surface area contributed by atoms with Crippen LogP contribution in [0.25, 0.3) is 6.08 Å². The topological polar surface area (TPSA) is 52.6 Å². The highest BCUT2D eigenvalue weighted by Gasteiger charge is 2.11. The van der Waals surface area contributed by atoms with E-state index in [9.17, 15) is 9.59 Å². The van der Waals surface area contributed by atoms with Crippen LogP contribution < -0.4 is 0 Å². The largest absolute Gasteiger partial charge is 0.421 e. The van der Waals surface area contributed by atoms with Crippen molar-refractivity contribution in [3.05, 3.63) is 41.5 Å². The van der Waals surface area contributed by atoms with E-state index < -0.39 is 18.2 Å². The van der Waals surface area contributed by atoms with E-state index in [2.05, 4.69) is 13.8 Å². The molecule has 0 aliphatic rings. The lowest BCUT2D eigenvalue weighted by Crippen LogP contribution is -2.20. The van der Waals surface area contributed by atoms with Crippen molar-refractivity contribution in [2.75, 3.05) is 0 Å². The summed E-state index contributed by atoms with van der Waals surface area (Å²) in [5.41, 5.74) is 2.18. The highest BCUT2D eigenvalue weighted by atomic mass is 16.7. The molecular formula is C16H20O4. The summed E-state index contributed by atoms with van der Waals surface area (Å²) in [5, 5.41) is 0. The predicted octanol–water partition coefficient (Wildman–Crippen LogP) is 3.28. The highest BCUT2D eigenvalue weighted by molar-refractivity contribution is 5.69. The molecule has 0 radical (unpaired) electrons. The number of carbonyl (C=O) groups excluding carboxylic acids is 2. The van der Waals surface area contributed by atoms with Crippen molar-refractivity contribution >= 4 is 18.0 Å². The van der Waals surface area contributed by atoms with Crippen molar-refractivity contribution < 1.29 is 19.1 Å². The Morgan fingerprint density at radius 1 is 1.05 bits per heavy atom. The first kappa shape index (κ1) is 16.0. The van der Waals surface area contributed by atoms with Gasteiger partial charge in [0.1, 0.15) is 0 Å². The van der Waals surface area contributed by atoms with Crippen molar-refractivity contribution in [3.63, 3.8) is 0 Å². The number of benzene rings is 1. The minimum atomic E-state index is -0.995. The Labute approximate surface area is 119 Å². The monoisotopic (exact) mass is 276 g/mol. The van der Waals surface area contributed by atoms with E-state index in [4.69, 9.17) is 9.47 Å². The van der Waals surface area contributed by atoms with Crippen LogP contribution in [0.4, 0.5) is 0 Å². The molecule has 0 spiro atoms. The molecule has 0 N–H and O–H groups in total. The number of rotatable bonds is 5. The summed E-state index contributed by atoms with van der Waals surface area (Å²) in [6, 6.07) is 7.90. The standard InChI is InChI=1S/C16H20O4/c1-11(2)15-8-6-5-7-14(15)9-10-16(19-12(3)17)20-13(4)18/h5-11,16H,1-4H3. The van der Waals surface area contributed by atoms with Crippen LogP contribution in [0.3, 0.4) is 0 Å². The number of hydrogen-bond donors (Lipinski definition) is 0. The van der Waals surface area contributed by atoms with Gasteiger partial charge in [-0.25, -0.2) is 0 Å². The molecule has 0 saturated carbocycles. The predicted molar refractivity (Wildman–Crippen MR) is 76.9 cm³/mol. The van der Waals surface area contributed by atoms with Gasteiger partial charge >= 0.3 is 11.9 Å². The highest BCUT2D eigenvalue weighted by Crippen LogP contribution is 2.20. The molecule has 4 heteroatoms.